The summed E-state index contributed by atoms with van der Waals surface area (Å²) in [7, 11) is 1.66. The number of nitrogens with one attached hydrogen (secondary N) is 3. The molecule has 0 bridgehead atoms. The van der Waals surface area contributed by atoms with Crippen molar-refractivity contribution in [3.8, 4) is 0 Å². The molecule has 1 atom stereocenters. The third-order valence-corrected chi connectivity index (χ3v) is 4.21. The first-order valence-corrected chi connectivity index (χ1v) is 9.70. The van der Waals surface area contributed by atoms with Crippen LogP contribution in [0.1, 0.15) is 19.5 Å². The molecule has 1 aromatic rings. The van der Waals surface area contributed by atoms with Gasteiger partial charge in [0.1, 0.15) is 5.69 Å². The predicted molar refractivity (Wildman–Crippen MR) is 121 cm³/mol. The highest BCUT2D eigenvalue weighted by molar-refractivity contribution is 14.0. The van der Waals surface area contributed by atoms with Crippen LogP contribution in [0.4, 0.5) is 19.1 Å². The molecule has 1 fully saturated rings. The van der Waals surface area contributed by atoms with E-state index in [4.69, 9.17) is 4.74 Å². The van der Waals surface area contributed by atoms with Crippen molar-refractivity contribution in [3.63, 3.8) is 0 Å². The molecular formula is C18H31F3IN7O. The Balaban J connectivity index is 0.00000450. The van der Waals surface area contributed by atoms with Crippen LogP contribution >= 0.6 is 24.0 Å². The maximum atomic E-state index is 12.7. The van der Waals surface area contributed by atoms with Crippen LogP contribution in [0, 0.1) is 5.92 Å². The number of halogens is 4. The second kappa shape index (κ2) is 13.1. The minimum atomic E-state index is -4.49. The van der Waals surface area contributed by atoms with E-state index in [1.807, 2.05) is 0 Å². The topological polar surface area (TPSA) is 86.7 Å². The molecule has 0 aliphatic carbocycles. The third-order valence-electron chi connectivity index (χ3n) is 4.21. The average molecular weight is 545 g/mol. The van der Waals surface area contributed by atoms with Crippen molar-refractivity contribution in [2.24, 2.45) is 10.9 Å². The SMILES string of the molecule is CN=C(NCCNc1nccc(C(F)(F)F)n1)NCC1CN(CC(C)C)CCO1.I. The fraction of sp³-hybridized carbons (Fsp3) is 0.722. The minimum absolute atomic E-state index is 0. The molecule has 1 saturated heterocycles. The molecule has 172 valence electrons. The Morgan fingerprint density at radius 3 is 2.77 bits per heavy atom. The van der Waals surface area contributed by atoms with Gasteiger partial charge in [-0.2, -0.15) is 13.2 Å². The number of rotatable bonds is 8. The van der Waals surface area contributed by atoms with Gasteiger partial charge in [0, 0.05) is 52.5 Å². The van der Waals surface area contributed by atoms with Crippen LogP contribution in [0.25, 0.3) is 0 Å². The Hall–Kier alpha value is -1.41. The summed E-state index contributed by atoms with van der Waals surface area (Å²) < 4.78 is 43.8. The summed E-state index contributed by atoms with van der Waals surface area (Å²) in [4.78, 5) is 13.8. The van der Waals surface area contributed by atoms with E-state index >= 15 is 0 Å². The molecule has 3 N–H and O–H groups in total. The molecule has 8 nitrogen and oxygen atoms in total. The Kier molecular flexibility index (Phi) is 11.6. The van der Waals surface area contributed by atoms with E-state index in [2.05, 4.69) is 49.7 Å². The van der Waals surface area contributed by atoms with Crippen molar-refractivity contribution in [3.05, 3.63) is 18.0 Å². The highest BCUT2D eigenvalue weighted by Crippen LogP contribution is 2.27. The summed E-state index contributed by atoms with van der Waals surface area (Å²) in [6.45, 7) is 9.39. The number of alkyl halides is 3. The van der Waals surface area contributed by atoms with Crippen molar-refractivity contribution in [2.45, 2.75) is 26.1 Å². The van der Waals surface area contributed by atoms with E-state index < -0.39 is 11.9 Å². The van der Waals surface area contributed by atoms with Crippen molar-refractivity contribution in [1.29, 1.82) is 0 Å². The number of aliphatic imine (C=N–C) groups is 1. The van der Waals surface area contributed by atoms with Crippen LogP contribution in [-0.4, -0.2) is 79.9 Å². The summed E-state index contributed by atoms with van der Waals surface area (Å²) in [5.74, 6) is 1.15. The van der Waals surface area contributed by atoms with Crippen molar-refractivity contribution in [1.82, 2.24) is 25.5 Å². The number of hydrogen-bond donors (Lipinski definition) is 3. The lowest BCUT2D eigenvalue weighted by atomic mass is 10.2. The largest absolute Gasteiger partial charge is 0.433 e. The molecule has 1 unspecified atom stereocenters. The molecule has 0 radical (unpaired) electrons. The number of morpholine rings is 1. The quantitative estimate of drug-likeness (QED) is 0.200. The van der Waals surface area contributed by atoms with Crippen LogP contribution in [0.5, 0.6) is 0 Å². The van der Waals surface area contributed by atoms with Crippen LogP contribution < -0.4 is 16.0 Å². The zero-order valence-electron chi connectivity index (χ0n) is 17.5. The highest BCUT2D eigenvalue weighted by atomic mass is 127. The fourth-order valence-electron chi connectivity index (χ4n) is 2.97. The van der Waals surface area contributed by atoms with Crippen LogP contribution in [0.3, 0.4) is 0 Å². The number of hydrogen-bond acceptors (Lipinski definition) is 6. The van der Waals surface area contributed by atoms with E-state index in [1.54, 1.807) is 7.05 Å². The lowest BCUT2D eigenvalue weighted by Gasteiger charge is -2.34. The van der Waals surface area contributed by atoms with E-state index in [0.29, 0.717) is 38.1 Å². The second-order valence-corrected chi connectivity index (χ2v) is 7.22. The number of nitrogens with zero attached hydrogens (tertiary/aromatic N) is 4. The van der Waals surface area contributed by atoms with Gasteiger partial charge in [0.15, 0.2) is 5.96 Å². The Morgan fingerprint density at radius 2 is 2.10 bits per heavy atom. The second-order valence-electron chi connectivity index (χ2n) is 7.22. The van der Waals surface area contributed by atoms with E-state index in [0.717, 1.165) is 31.9 Å². The van der Waals surface area contributed by atoms with E-state index in [-0.39, 0.29) is 36.0 Å². The first-order chi connectivity index (χ1) is 13.8. The fourth-order valence-corrected chi connectivity index (χ4v) is 2.97. The standard InChI is InChI=1S/C18H30F3N7O.HI/c1-13(2)11-28-8-9-29-14(12-28)10-26-16(22-3)24-6-7-25-17-23-5-4-15(27-17)18(19,20)21;/h4-5,13-14H,6-12H2,1-3H3,(H2,22,24,26)(H,23,25,27);1H. The summed E-state index contributed by atoms with van der Waals surface area (Å²) in [5.41, 5.74) is -0.973. The molecule has 12 heteroatoms. The van der Waals surface area contributed by atoms with Gasteiger partial charge in [0.05, 0.1) is 12.7 Å². The number of aromatic nitrogens is 2. The smallest absolute Gasteiger partial charge is 0.374 e. The van der Waals surface area contributed by atoms with Gasteiger partial charge in [-0.1, -0.05) is 13.8 Å². The first-order valence-electron chi connectivity index (χ1n) is 9.70. The Labute approximate surface area is 192 Å². The van der Waals surface area contributed by atoms with Gasteiger partial charge in [-0.15, -0.1) is 24.0 Å². The molecule has 1 aliphatic rings. The lowest BCUT2D eigenvalue weighted by molar-refractivity contribution is -0.141. The van der Waals surface area contributed by atoms with Crippen LogP contribution in [0.15, 0.2) is 17.3 Å². The van der Waals surface area contributed by atoms with Gasteiger partial charge >= 0.3 is 6.18 Å². The maximum absolute atomic E-state index is 12.7. The van der Waals surface area contributed by atoms with E-state index in [1.165, 1.54) is 0 Å². The number of anilines is 1. The molecule has 0 spiro atoms. The lowest BCUT2D eigenvalue weighted by Crippen LogP contribution is -2.50. The number of ether oxygens (including phenoxy) is 1. The summed E-state index contributed by atoms with van der Waals surface area (Å²) in [5, 5.41) is 9.08. The molecule has 2 rings (SSSR count). The van der Waals surface area contributed by atoms with Crippen molar-refractivity contribution in [2.75, 3.05) is 58.2 Å². The van der Waals surface area contributed by atoms with Gasteiger partial charge in [-0.05, 0) is 12.0 Å². The summed E-state index contributed by atoms with van der Waals surface area (Å²) in [6.07, 6.45) is -3.33. The maximum Gasteiger partial charge on any atom is 0.433 e. The van der Waals surface area contributed by atoms with Gasteiger partial charge in [0.25, 0.3) is 0 Å². The molecule has 1 aliphatic heterocycles. The monoisotopic (exact) mass is 545 g/mol. The molecular weight excluding hydrogens is 514 g/mol. The van der Waals surface area contributed by atoms with Crippen molar-refractivity contribution < 1.29 is 17.9 Å². The Morgan fingerprint density at radius 1 is 1.33 bits per heavy atom. The average Bonchev–Trinajstić information content (AvgIpc) is 2.67. The van der Waals surface area contributed by atoms with E-state index in [9.17, 15) is 13.2 Å². The van der Waals surface area contributed by atoms with Gasteiger partial charge in [0.2, 0.25) is 5.95 Å². The predicted octanol–water partition coefficient (Wildman–Crippen LogP) is 2.05. The van der Waals surface area contributed by atoms with Crippen molar-refractivity contribution >= 4 is 35.9 Å². The van der Waals surface area contributed by atoms with Gasteiger partial charge in [-0.25, -0.2) is 9.97 Å². The third kappa shape index (κ3) is 9.60. The van der Waals surface area contributed by atoms with Gasteiger partial charge < -0.3 is 20.7 Å². The molecule has 2 heterocycles. The molecule has 0 aromatic carbocycles. The zero-order valence-corrected chi connectivity index (χ0v) is 19.8. The van der Waals surface area contributed by atoms with Crippen LogP contribution in [-0.2, 0) is 10.9 Å². The summed E-state index contributed by atoms with van der Waals surface area (Å²) in [6, 6.07) is 0.838. The first kappa shape index (κ1) is 26.6. The molecule has 0 amide bonds. The molecule has 1 aromatic heterocycles. The Bertz CT molecular complexity index is 661. The molecule has 0 saturated carbocycles. The highest BCUT2D eigenvalue weighted by Gasteiger charge is 2.32. The van der Waals surface area contributed by atoms with Gasteiger partial charge in [-0.3, -0.25) is 9.89 Å². The molecule has 30 heavy (non-hydrogen) atoms. The summed E-state index contributed by atoms with van der Waals surface area (Å²) >= 11 is 0. The minimum Gasteiger partial charge on any atom is -0.374 e. The normalized spacial score (nSPS) is 18.1. The zero-order chi connectivity index (χ0) is 21.3. The van der Waals surface area contributed by atoms with Crippen LogP contribution in [0.2, 0.25) is 0 Å². The number of guanidine groups is 1.